The summed E-state index contributed by atoms with van der Waals surface area (Å²) in [5.74, 6) is -0.836. The first-order valence-corrected chi connectivity index (χ1v) is 9.64. The maximum absolute atomic E-state index is 13.0. The zero-order chi connectivity index (χ0) is 21.3. The van der Waals surface area contributed by atoms with E-state index in [1.165, 1.54) is 24.3 Å². The number of benzene rings is 3. The molecule has 30 heavy (non-hydrogen) atoms. The van der Waals surface area contributed by atoms with Crippen molar-refractivity contribution in [2.24, 2.45) is 0 Å². The lowest BCUT2D eigenvalue weighted by Crippen LogP contribution is -2.40. The predicted octanol–water partition coefficient (Wildman–Crippen LogP) is 3.60. The minimum absolute atomic E-state index is 0.0339. The van der Waals surface area contributed by atoms with Crippen molar-refractivity contribution in [2.75, 3.05) is 25.5 Å². The summed E-state index contributed by atoms with van der Waals surface area (Å²) in [7, 11) is 1.70. The topological polar surface area (TPSA) is 61.4 Å². The second-order valence-corrected chi connectivity index (χ2v) is 7.05. The van der Waals surface area contributed by atoms with Gasteiger partial charge >= 0.3 is 0 Å². The van der Waals surface area contributed by atoms with Crippen molar-refractivity contribution >= 4 is 17.5 Å². The Morgan fingerprint density at radius 1 is 0.800 bits per heavy atom. The fraction of sp³-hybridized carbons (Fsp3) is 0.167. The van der Waals surface area contributed by atoms with E-state index in [0.29, 0.717) is 5.69 Å². The molecular formula is C24H24FN3O2. The van der Waals surface area contributed by atoms with Crippen molar-refractivity contribution in [3.05, 3.63) is 102 Å². The average molecular weight is 405 g/mol. The Hall–Kier alpha value is -3.51. The van der Waals surface area contributed by atoms with Crippen molar-refractivity contribution in [3.63, 3.8) is 0 Å². The molecule has 3 aromatic carbocycles. The zero-order valence-corrected chi connectivity index (χ0v) is 16.7. The number of amides is 2. The van der Waals surface area contributed by atoms with Gasteiger partial charge < -0.3 is 10.6 Å². The largest absolute Gasteiger partial charge is 0.344 e. The van der Waals surface area contributed by atoms with E-state index in [-0.39, 0.29) is 36.8 Å². The number of nitrogens with one attached hydrogen (secondary N) is 2. The molecule has 0 aliphatic rings. The van der Waals surface area contributed by atoms with E-state index in [2.05, 4.69) is 10.6 Å². The molecule has 0 aliphatic carbocycles. The summed E-state index contributed by atoms with van der Waals surface area (Å²) >= 11 is 0. The summed E-state index contributed by atoms with van der Waals surface area (Å²) in [5, 5.41) is 5.74. The van der Waals surface area contributed by atoms with Crippen LogP contribution in [0.15, 0.2) is 84.9 Å². The predicted molar refractivity (Wildman–Crippen MR) is 115 cm³/mol. The number of likely N-dealkylation sites (N-methyl/N-ethyl adjacent to an activating group) is 1. The van der Waals surface area contributed by atoms with Crippen LogP contribution in [0, 0.1) is 5.82 Å². The third-order valence-corrected chi connectivity index (χ3v) is 4.53. The number of anilines is 1. The van der Waals surface area contributed by atoms with E-state index >= 15 is 0 Å². The van der Waals surface area contributed by atoms with Crippen molar-refractivity contribution in [1.29, 1.82) is 0 Å². The molecule has 3 rings (SSSR count). The molecule has 2 amide bonds. The summed E-state index contributed by atoms with van der Waals surface area (Å²) in [6.45, 7) is 0.0964. The molecule has 0 radical (unpaired) electrons. The minimum Gasteiger partial charge on any atom is -0.344 e. The molecule has 0 aliphatic heterocycles. The molecular weight excluding hydrogens is 381 g/mol. The summed E-state index contributed by atoms with van der Waals surface area (Å²) in [6, 6.07) is 24.7. The van der Waals surface area contributed by atoms with Crippen molar-refractivity contribution in [3.8, 4) is 0 Å². The molecule has 0 unspecified atom stereocenters. The molecule has 0 aromatic heterocycles. The van der Waals surface area contributed by atoms with Crippen LogP contribution in [0.1, 0.15) is 17.2 Å². The molecule has 5 nitrogen and oxygen atoms in total. The number of carbonyl (C=O) groups excluding carboxylic acids is 2. The second-order valence-electron chi connectivity index (χ2n) is 7.05. The molecule has 0 saturated heterocycles. The van der Waals surface area contributed by atoms with E-state index in [9.17, 15) is 14.0 Å². The van der Waals surface area contributed by atoms with Crippen LogP contribution in [-0.4, -0.2) is 36.9 Å². The molecule has 0 bridgehead atoms. The van der Waals surface area contributed by atoms with Gasteiger partial charge in [-0.2, -0.15) is 0 Å². The summed E-state index contributed by atoms with van der Waals surface area (Å²) in [4.78, 5) is 26.5. The highest BCUT2D eigenvalue weighted by Gasteiger charge is 2.18. The van der Waals surface area contributed by atoms with Crippen LogP contribution < -0.4 is 10.6 Å². The Morgan fingerprint density at radius 2 is 1.30 bits per heavy atom. The first kappa shape index (κ1) is 21.2. The van der Waals surface area contributed by atoms with Gasteiger partial charge in [0.25, 0.3) is 0 Å². The van der Waals surface area contributed by atoms with E-state index in [1.54, 1.807) is 11.9 Å². The highest BCUT2D eigenvalue weighted by atomic mass is 19.1. The van der Waals surface area contributed by atoms with E-state index < -0.39 is 0 Å². The normalized spacial score (nSPS) is 10.8. The first-order valence-electron chi connectivity index (χ1n) is 9.64. The Bertz CT molecular complexity index is 923. The number of hydrogen-bond donors (Lipinski definition) is 2. The lowest BCUT2D eigenvalue weighted by Gasteiger charge is -2.22. The quantitative estimate of drug-likeness (QED) is 0.602. The van der Waals surface area contributed by atoms with Crippen LogP contribution in [0.4, 0.5) is 10.1 Å². The average Bonchev–Trinajstić information content (AvgIpc) is 2.74. The van der Waals surface area contributed by atoms with Crippen LogP contribution >= 0.6 is 0 Å². The molecule has 0 fully saturated rings. The zero-order valence-electron chi connectivity index (χ0n) is 16.7. The number of halogens is 1. The van der Waals surface area contributed by atoms with Crippen LogP contribution in [0.3, 0.4) is 0 Å². The van der Waals surface area contributed by atoms with E-state index in [1.807, 2.05) is 60.7 Å². The third kappa shape index (κ3) is 6.25. The Labute approximate surface area is 175 Å². The van der Waals surface area contributed by atoms with Gasteiger partial charge in [-0.3, -0.25) is 14.5 Å². The van der Waals surface area contributed by atoms with Gasteiger partial charge in [-0.05, 0) is 42.4 Å². The Kier molecular flexibility index (Phi) is 7.29. The molecule has 0 heterocycles. The molecule has 0 saturated carbocycles. The van der Waals surface area contributed by atoms with Gasteiger partial charge in [-0.25, -0.2) is 4.39 Å². The highest BCUT2D eigenvalue weighted by molar-refractivity contribution is 5.92. The Morgan fingerprint density at radius 3 is 1.83 bits per heavy atom. The van der Waals surface area contributed by atoms with Gasteiger partial charge in [0.15, 0.2) is 0 Å². The summed E-state index contributed by atoms with van der Waals surface area (Å²) in [5.41, 5.74) is 2.47. The van der Waals surface area contributed by atoms with Crippen LogP contribution in [0.5, 0.6) is 0 Å². The fourth-order valence-electron chi connectivity index (χ4n) is 3.14. The molecule has 0 spiro atoms. The van der Waals surface area contributed by atoms with Crippen molar-refractivity contribution < 1.29 is 14.0 Å². The number of rotatable bonds is 8. The lowest BCUT2D eigenvalue weighted by atomic mass is 9.99. The summed E-state index contributed by atoms with van der Waals surface area (Å²) in [6.07, 6.45) is 0. The maximum Gasteiger partial charge on any atom is 0.238 e. The monoisotopic (exact) mass is 405 g/mol. The first-order chi connectivity index (χ1) is 14.5. The Balaban J connectivity index is 1.58. The van der Waals surface area contributed by atoms with Gasteiger partial charge in [0.05, 0.1) is 19.1 Å². The molecule has 0 atom stereocenters. The molecule has 2 N–H and O–H groups in total. The standard InChI is InChI=1S/C24H24FN3O2/c1-28(16-22(29)26-21-14-12-20(25)13-15-21)17-23(30)27-24(18-8-4-2-5-9-18)19-10-6-3-7-11-19/h2-15,24H,16-17H2,1H3,(H,26,29)(H,27,30). The van der Waals surface area contributed by atoms with E-state index in [0.717, 1.165) is 11.1 Å². The van der Waals surface area contributed by atoms with Crippen molar-refractivity contribution in [2.45, 2.75) is 6.04 Å². The van der Waals surface area contributed by atoms with Crippen LogP contribution in [-0.2, 0) is 9.59 Å². The minimum atomic E-state index is -0.367. The van der Waals surface area contributed by atoms with Crippen LogP contribution in [0.2, 0.25) is 0 Å². The molecule has 3 aromatic rings. The number of carbonyl (C=O) groups is 2. The van der Waals surface area contributed by atoms with Gasteiger partial charge in [-0.15, -0.1) is 0 Å². The second kappa shape index (κ2) is 10.3. The SMILES string of the molecule is CN(CC(=O)Nc1ccc(F)cc1)CC(=O)NC(c1ccccc1)c1ccccc1. The number of nitrogens with zero attached hydrogens (tertiary/aromatic N) is 1. The van der Waals surface area contributed by atoms with Crippen molar-refractivity contribution in [1.82, 2.24) is 10.2 Å². The molecule has 6 heteroatoms. The van der Waals surface area contributed by atoms with Gasteiger partial charge in [-0.1, -0.05) is 60.7 Å². The smallest absolute Gasteiger partial charge is 0.238 e. The van der Waals surface area contributed by atoms with Gasteiger partial charge in [0.2, 0.25) is 11.8 Å². The highest BCUT2D eigenvalue weighted by Crippen LogP contribution is 2.21. The van der Waals surface area contributed by atoms with Gasteiger partial charge in [0.1, 0.15) is 5.82 Å². The van der Waals surface area contributed by atoms with E-state index in [4.69, 9.17) is 0 Å². The number of hydrogen-bond acceptors (Lipinski definition) is 3. The van der Waals surface area contributed by atoms with Gasteiger partial charge in [0, 0.05) is 5.69 Å². The maximum atomic E-state index is 13.0. The summed E-state index contributed by atoms with van der Waals surface area (Å²) < 4.78 is 13.0. The fourth-order valence-corrected chi connectivity index (χ4v) is 3.14. The molecule has 154 valence electrons. The lowest BCUT2D eigenvalue weighted by molar-refractivity contribution is -0.123. The third-order valence-electron chi connectivity index (χ3n) is 4.53. The van der Waals surface area contributed by atoms with Crippen LogP contribution in [0.25, 0.3) is 0 Å².